The van der Waals surface area contributed by atoms with Gasteiger partial charge < -0.3 is 24.2 Å². The number of furan rings is 1. The molecule has 3 heterocycles. The van der Waals surface area contributed by atoms with Crippen LogP contribution in [0.2, 0.25) is 0 Å². The summed E-state index contributed by atoms with van der Waals surface area (Å²) in [5.74, 6) is 0.562. The van der Waals surface area contributed by atoms with Gasteiger partial charge in [-0.25, -0.2) is 0 Å². The fraction of sp³-hybridized carbons (Fsp3) is 0.364. The van der Waals surface area contributed by atoms with Crippen LogP contribution >= 0.6 is 0 Å². The number of hydrogen-bond donors (Lipinski definition) is 2. The maximum atomic E-state index is 13.0. The Hall–Kier alpha value is -3.62. The topological polar surface area (TPSA) is 117 Å². The molecular formula is C22H24N4O5. The highest BCUT2D eigenvalue weighted by atomic mass is 16.3. The number of rotatable bonds is 4. The van der Waals surface area contributed by atoms with Crippen molar-refractivity contribution in [2.75, 3.05) is 13.1 Å². The zero-order chi connectivity index (χ0) is 22.1. The van der Waals surface area contributed by atoms with Gasteiger partial charge in [0.15, 0.2) is 5.76 Å². The van der Waals surface area contributed by atoms with Crippen molar-refractivity contribution >= 4 is 22.8 Å². The minimum Gasteiger partial charge on any atom is -0.456 e. The zero-order valence-electron chi connectivity index (χ0n) is 17.4. The summed E-state index contributed by atoms with van der Waals surface area (Å²) < 4.78 is 6.73. The number of aromatic nitrogens is 2. The second kappa shape index (κ2) is 8.25. The molecule has 2 N–H and O–H groups in total. The largest absolute Gasteiger partial charge is 0.456 e. The molecule has 0 unspecified atom stereocenters. The van der Waals surface area contributed by atoms with Crippen LogP contribution in [0.3, 0.4) is 0 Å². The fourth-order valence-electron chi connectivity index (χ4n) is 3.95. The summed E-state index contributed by atoms with van der Waals surface area (Å²) in [4.78, 5) is 53.4. The molecular weight excluding hydrogens is 400 g/mol. The van der Waals surface area contributed by atoms with Crippen molar-refractivity contribution in [2.45, 2.75) is 39.3 Å². The molecule has 4 rings (SSSR count). The summed E-state index contributed by atoms with van der Waals surface area (Å²) in [6.45, 7) is 4.94. The summed E-state index contributed by atoms with van der Waals surface area (Å²) in [6.07, 6.45) is 1.27. The number of carbonyl (C=O) groups is 2. The van der Waals surface area contributed by atoms with Gasteiger partial charge in [0.05, 0.1) is 11.0 Å². The number of benzene rings is 1. The van der Waals surface area contributed by atoms with Gasteiger partial charge in [-0.15, -0.1) is 0 Å². The molecule has 0 radical (unpaired) electrons. The van der Waals surface area contributed by atoms with Gasteiger partial charge in [-0.3, -0.25) is 19.2 Å². The standard InChI is InChI=1S/C22H24N4O5/c1-3-26-17-6-5-14(12-16(17)24-20(28)22(26)30)21(29)25-10-8-15(9-11-25)23-19(27)18-7-4-13(2)31-18/h4-7,12,15H,3,8-11H2,1-2H3,(H,23,27)(H,24,28). The molecule has 0 saturated carbocycles. The number of amides is 2. The molecule has 0 bridgehead atoms. The van der Waals surface area contributed by atoms with Crippen molar-refractivity contribution in [1.29, 1.82) is 0 Å². The highest BCUT2D eigenvalue weighted by Gasteiger charge is 2.26. The first-order chi connectivity index (χ1) is 14.9. The van der Waals surface area contributed by atoms with Gasteiger partial charge in [-0.2, -0.15) is 0 Å². The molecule has 0 atom stereocenters. The van der Waals surface area contributed by atoms with Gasteiger partial charge >= 0.3 is 11.1 Å². The van der Waals surface area contributed by atoms with E-state index in [1.165, 1.54) is 4.57 Å². The van der Waals surface area contributed by atoms with Gasteiger partial charge in [-0.05, 0) is 57.0 Å². The number of nitrogens with one attached hydrogen (secondary N) is 2. The average molecular weight is 424 g/mol. The first-order valence-electron chi connectivity index (χ1n) is 10.3. The van der Waals surface area contributed by atoms with E-state index in [0.717, 1.165) is 0 Å². The molecule has 0 aliphatic carbocycles. The number of H-pyrrole nitrogens is 1. The van der Waals surface area contributed by atoms with Gasteiger partial charge in [0.25, 0.3) is 11.8 Å². The molecule has 9 heteroatoms. The van der Waals surface area contributed by atoms with Crippen LogP contribution in [0.15, 0.2) is 44.3 Å². The maximum Gasteiger partial charge on any atom is 0.316 e. The second-order valence-corrected chi connectivity index (χ2v) is 7.69. The number of hydrogen-bond acceptors (Lipinski definition) is 5. The first-order valence-corrected chi connectivity index (χ1v) is 10.3. The molecule has 2 amide bonds. The quantitative estimate of drug-likeness (QED) is 0.618. The molecule has 9 nitrogen and oxygen atoms in total. The van der Waals surface area contributed by atoms with Crippen molar-refractivity contribution < 1.29 is 14.0 Å². The monoisotopic (exact) mass is 424 g/mol. The maximum absolute atomic E-state index is 13.0. The summed E-state index contributed by atoms with van der Waals surface area (Å²) in [7, 11) is 0. The lowest BCUT2D eigenvalue weighted by Crippen LogP contribution is -2.46. The second-order valence-electron chi connectivity index (χ2n) is 7.69. The number of likely N-dealkylation sites (tertiary alicyclic amines) is 1. The number of piperidine rings is 1. The zero-order valence-corrected chi connectivity index (χ0v) is 17.4. The molecule has 2 aromatic heterocycles. The van der Waals surface area contributed by atoms with E-state index in [2.05, 4.69) is 10.3 Å². The third kappa shape index (κ3) is 4.03. The van der Waals surface area contributed by atoms with Crippen LogP contribution in [-0.2, 0) is 6.54 Å². The molecule has 1 saturated heterocycles. The van der Waals surface area contributed by atoms with Crippen LogP contribution in [0.25, 0.3) is 11.0 Å². The third-order valence-corrected chi connectivity index (χ3v) is 5.62. The Kier molecular flexibility index (Phi) is 5.50. The van der Waals surface area contributed by atoms with Gasteiger partial charge in [-0.1, -0.05) is 0 Å². The predicted octanol–water partition coefficient (Wildman–Crippen LogP) is 1.65. The molecule has 3 aromatic rings. The summed E-state index contributed by atoms with van der Waals surface area (Å²) in [6, 6.07) is 8.31. The number of aryl methyl sites for hydroxylation is 2. The lowest BCUT2D eigenvalue weighted by atomic mass is 10.0. The molecule has 1 aliphatic rings. The average Bonchev–Trinajstić information content (AvgIpc) is 3.21. The SMILES string of the molecule is CCn1c(=O)c(=O)[nH]c2cc(C(=O)N3CCC(NC(=O)c4ccc(C)o4)CC3)ccc21. The molecule has 0 spiro atoms. The highest BCUT2D eigenvalue weighted by molar-refractivity contribution is 5.97. The number of fused-ring (bicyclic) bond motifs is 1. The van der Waals surface area contributed by atoms with Gasteiger partial charge in [0.2, 0.25) is 0 Å². The summed E-state index contributed by atoms with van der Waals surface area (Å²) in [5, 5.41) is 2.95. The van der Waals surface area contributed by atoms with E-state index in [9.17, 15) is 19.2 Å². The van der Waals surface area contributed by atoms with E-state index in [-0.39, 0.29) is 23.6 Å². The Balaban J connectivity index is 1.44. The van der Waals surface area contributed by atoms with E-state index in [1.54, 1.807) is 49.1 Å². The van der Waals surface area contributed by atoms with Crippen molar-refractivity contribution in [3.05, 3.63) is 68.1 Å². The van der Waals surface area contributed by atoms with Crippen LogP contribution < -0.4 is 16.4 Å². The van der Waals surface area contributed by atoms with E-state index in [4.69, 9.17) is 4.42 Å². The number of nitrogens with zero attached hydrogens (tertiary/aromatic N) is 2. The Morgan fingerprint density at radius 2 is 1.90 bits per heavy atom. The lowest BCUT2D eigenvalue weighted by molar-refractivity contribution is 0.0695. The Morgan fingerprint density at radius 1 is 1.16 bits per heavy atom. The van der Waals surface area contributed by atoms with Crippen LogP contribution in [0.1, 0.15) is 46.4 Å². The molecule has 1 fully saturated rings. The minimum absolute atomic E-state index is 0.0334. The van der Waals surface area contributed by atoms with Crippen molar-refractivity contribution in [3.8, 4) is 0 Å². The molecule has 1 aromatic carbocycles. The lowest BCUT2D eigenvalue weighted by Gasteiger charge is -2.32. The summed E-state index contributed by atoms with van der Waals surface area (Å²) in [5.41, 5.74) is 0.162. The van der Waals surface area contributed by atoms with Gasteiger partial charge in [0.1, 0.15) is 5.76 Å². The van der Waals surface area contributed by atoms with E-state index in [0.29, 0.717) is 54.8 Å². The Bertz CT molecular complexity index is 1260. The normalized spacial score (nSPS) is 14.7. The predicted molar refractivity (Wildman–Crippen MR) is 114 cm³/mol. The molecule has 31 heavy (non-hydrogen) atoms. The molecule has 1 aliphatic heterocycles. The smallest absolute Gasteiger partial charge is 0.316 e. The van der Waals surface area contributed by atoms with Crippen molar-refractivity contribution in [3.63, 3.8) is 0 Å². The minimum atomic E-state index is -0.706. The Labute approximate surface area is 177 Å². The third-order valence-electron chi connectivity index (χ3n) is 5.62. The van der Waals surface area contributed by atoms with Crippen molar-refractivity contribution in [1.82, 2.24) is 19.8 Å². The Morgan fingerprint density at radius 3 is 2.55 bits per heavy atom. The molecule has 162 valence electrons. The number of aromatic amines is 1. The number of carbonyl (C=O) groups excluding carboxylic acids is 2. The van der Waals surface area contributed by atoms with E-state index < -0.39 is 11.1 Å². The first kappa shape index (κ1) is 20.6. The van der Waals surface area contributed by atoms with E-state index >= 15 is 0 Å². The van der Waals surface area contributed by atoms with Crippen LogP contribution in [-0.4, -0.2) is 45.4 Å². The highest BCUT2D eigenvalue weighted by Crippen LogP contribution is 2.18. The van der Waals surface area contributed by atoms with Crippen LogP contribution in [0.5, 0.6) is 0 Å². The van der Waals surface area contributed by atoms with Crippen LogP contribution in [0.4, 0.5) is 0 Å². The van der Waals surface area contributed by atoms with E-state index in [1.807, 2.05) is 0 Å². The summed E-state index contributed by atoms with van der Waals surface area (Å²) >= 11 is 0. The van der Waals surface area contributed by atoms with Crippen molar-refractivity contribution in [2.24, 2.45) is 0 Å². The fourth-order valence-corrected chi connectivity index (χ4v) is 3.95. The van der Waals surface area contributed by atoms with Gasteiger partial charge in [0, 0.05) is 31.2 Å². The van der Waals surface area contributed by atoms with Crippen LogP contribution in [0, 0.1) is 6.92 Å².